The first kappa shape index (κ1) is 7.59. The molecule has 0 unspecified atom stereocenters. The van der Waals surface area contributed by atoms with Gasteiger partial charge in [0.2, 0.25) is 5.95 Å². The van der Waals surface area contributed by atoms with Gasteiger partial charge in [0.15, 0.2) is 0 Å². The molecule has 0 aromatic carbocycles. The third-order valence-corrected chi connectivity index (χ3v) is 1.31. The average Bonchev–Trinajstić information content (AvgIpc) is 1.94. The average molecular weight is 156 g/mol. The Hall–Kier alpha value is -1.52. The molecule has 11 heavy (non-hydrogen) atoms. The molecule has 0 amide bonds. The zero-order chi connectivity index (χ0) is 8.43. The van der Waals surface area contributed by atoms with Crippen LogP contribution in [0, 0.1) is 23.0 Å². The summed E-state index contributed by atoms with van der Waals surface area (Å²) in [5.41, 5.74) is -0.269. The lowest BCUT2D eigenvalue weighted by molar-refractivity contribution is -0.385. The fourth-order valence-corrected chi connectivity index (χ4v) is 0.699. The molecule has 0 radical (unpaired) electrons. The van der Waals surface area contributed by atoms with Crippen LogP contribution >= 0.6 is 0 Å². The van der Waals surface area contributed by atoms with E-state index in [4.69, 9.17) is 0 Å². The van der Waals surface area contributed by atoms with Crippen LogP contribution in [0.1, 0.15) is 5.56 Å². The Morgan fingerprint density at radius 1 is 1.73 bits per heavy atom. The molecule has 1 rings (SSSR count). The first-order valence-corrected chi connectivity index (χ1v) is 2.88. The highest BCUT2D eigenvalue weighted by atomic mass is 19.1. The summed E-state index contributed by atoms with van der Waals surface area (Å²) in [6.07, 6.45) is 1.07. The second-order valence-electron chi connectivity index (χ2n) is 2.00. The van der Waals surface area contributed by atoms with Crippen LogP contribution in [0.3, 0.4) is 0 Å². The predicted octanol–water partition coefficient (Wildman–Crippen LogP) is 1.44. The fraction of sp³-hybridized carbons (Fsp3) is 0.167. The minimum absolute atomic E-state index is 0.0301. The summed E-state index contributed by atoms with van der Waals surface area (Å²) in [7, 11) is 0. The topological polar surface area (TPSA) is 56.0 Å². The molecule has 0 spiro atoms. The molecular formula is C6H5FN2O2. The maximum Gasteiger partial charge on any atom is 0.278 e. The van der Waals surface area contributed by atoms with Gasteiger partial charge in [0.25, 0.3) is 5.69 Å². The van der Waals surface area contributed by atoms with Crippen molar-refractivity contribution >= 4 is 5.69 Å². The van der Waals surface area contributed by atoms with Gasteiger partial charge in [0.1, 0.15) is 0 Å². The van der Waals surface area contributed by atoms with Crippen molar-refractivity contribution in [2.24, 2.45) is 0 Å². The Balaban J connectivity index is 3.27. The molecule has 0 N–H and O–H groups in total. The van der Waals surface area contributed by atoms with Gasteiger partial charge in [0.05, 0.1) is 10.5 Å². The number of aromatic nitrogens is 1. The van der Waals surface area contributed by atoms with Crippen LogP contribution in [0.5, 0.6) is 0 Å². The molecule has 4 nitrogen and oxygen atoms in total. The highest BCUT2D eigenvalue weighted by molar-refractivity contribution is 5.36. The molecule has 0 saturated heterocycles. The smallest absolute Gasteiger partial charge is 0.258 e. The molecular weight excluding hydrogens is 151 g/mol. The summed E-state index contributed by atoms with van der Waals surface area (Å²) in [5, 5.41) is 10.2. The standard InChI is InChI=1S/C6H5FN2O2/c1-4-5(9(10)11)2-3-8-6(4)7/h2-3H,1H3. The number of pyridine rings is 1. The number of halogens is 1. The van der Waals surface area contributed by atoms with E-state index in [1.165, 1.54) is 13.0 Å². The minimum atomic E-state index is -0.792. The summed E-state index contributed by atoms with van der Waals surface area (Å²) in [5.74, 6) is -0.792. The summed E-state index contributed by atoms with van der Waals surface area (Å²) < 4.78 is 12.5. The molecule has 0 fully saturated rings. The first-order chi connectivity index (χ1) is 5.13. The van der Waals surface area contributed by atoms with Crippen molar-refractivity contribution in [3.8, 4) is 0 Å². The van der Waals surface area contributed by atoms with Crippen LogP contribution in [0.15, 0.2) is 12.3 Å². The van der Waals surface area contributed by atoms with Crippen LogP contribution in [0.4, 0.5) is 10.1 Å². The second kappa shape index (κ2) is 2.61. The van der Waals surface area contributed by atoms with E-state index in [-0.39, 0.29) is 11.3 Å². The molecule has 58 valence electrons. The minimum Gasteiger partial charge on any atom is -0.258 e. The molecule has 0 aliphatic rings. The van der Waals surface area contributed by atoms with Crippen molar-refractivity contribution in [2.45, 2.75) is 6.92 Å². The van der Waals surface area contributed by atoms with Gasteiger partial charge in [-0.25, -0.2) is 4.98 Å². The monoisotopic (exact) mass is 156 g/mol. The van der Waals surface area contributed by atoms with Crippen molar-refractivity contribution in [3.63, 3.8) is 0 Å². The Bertz CT molecular complexity index is 301. The van der Waals surface area contributed by atoms with E-state index < -0.39 is 10.9 Å². The van der Waals surface area contributed by atoms with Gasteiger partial charge < -0.3 is 0 Å². The largest absolute Gasteiger partial charge is 0.278 e. The fourth-order valence-electron chi connectivity index (χ4n) is 0.699. The van der Waals surface area contributed by atoms with Crippen molar-refractivity contribution in [1.29, 1.82) is 0 Å². The van der Waals surface area contributed by atoms with Crippen LogP contribution in [0.25, 0.3) is 0 Å². The van der Waals surface area contributed by atoms with Crippen molar-refractivity contribution in [3.05, 3.63) is 33.9 Å². The molecule has 5 heteroatoms. The summed E-state index contributed by atoms with van der Waals surface area (Å²) in [6.45, 7) is 1.32. The maximum absolute atomic E-state index is 12.5. The highest BCUT2D eigenvalue weighted by Crippen LogP contribution is 2.17. The van der Waals surface area contributed by atoms with E-state index in [9.17, 15) is 14.5 Å². The molecule has 0 atom stereocenters. The van der Waals surface area contributed by atoms with Crippen molar-refractivity contribution in [1.82, 2.24) is 4.98 Å². The quantitative estimate of drug-likeness (QED) is 0.351. The van der Waals surface area contributed by atoms with E-state index in [0.29, 0.717) is 0 Å². The van der Waals surface area contributed by atoms with Gasteiger partial charge in [-0.15, -0.1) is 0 Å². The molecule has 1 aromatic rings. The number of nitrogens with zero attached hydrogens (tertiary/aromatic N) is 2. The highest BCUT2D eigenvalue weighted by Gasteiger charge is 2.13. The second-order valence-corrected chi connectivity index (χ2v) is 2.00. The number of rotatable bonds is 1. The van der Waals surface area contributed by atoms with E-state index in [1.54, 1.807) is 0 Å². The zero-order valence-electron chi connectivity index (χ0n) is 5.74. The van der Waals surface area contributed by atoms with Crippen LogP contribution in [0.2, 0.25) is 0 Å². The number of nitro groups is 1. The van der Waals surface area contributed by atoms with Crippen LogP contribution in [-0.4, -0.2) is 9.91 Å². The number of hydrogen-bond acceptors (Lipinski definition) is 3. The van der Waals surface area contributed by atoms with E-state index >= 15 is 0 Å². The lowest BCUT2D eigenvalue weighted by atomic mass is 10.2. The third-order valence-electron chi connectivity index (χ3n) is 1.31. The van der Waals surface area contributed by atoms with Crippen LogP contribution < -0.4 is 0 Å². The Kier molecular flexibility index (Phi) is 1.80. The molecule has 0 aliphatic carbocycles. The lowest BCUT2D eigenvalue weighted by Crippen LogP contribution is -1.95. The van der Waals surface area contributed by atoms with Gasteiger partial charge in [-0.1, -0.05) is 0 Å². The Labute approximate surface area is 61.8 Å². The van der Waals surface area contributed by atoms with Gasteiger partial charge in [0, 0.05) is 12.3 Å². The van der Waals surface area contributed by atoms with Crippen LogP contribution in [-0.2, 0) is 0 Å². The zero-order valence-corrected chi connectivity index (χ0v) is 5.74. The van der Waals surface area contributed by atoms with E-state index in [2.05, 4.69) is 4.98 Å². The molecule has 0 saturated carbocycles. The number of hydrogen-bond donors (Lipinski definition) is 0. The van der Waals surface area contributed by atoms with Gasteiger partial charge in [-0.05, 0) is 6.92 Å². The third kappa shape index (κ3) is 1.31. The summed E-state index contributed by atoms with van der Waals surface area (Å²) >= 11 is 0. The van der Waals surface area contributed by atoms with E-state index in [0.717, 1.165) is 6.20 Å². The van der Waals surface area contributed by atoms with Crippen molar-refractivity contribution in [2.75, 3.05) is 0 Å². The molecule has 0 bridgehead atoms. The van der Waals surface area contributed by atoms with Gasteiger partial charge in [-0.3, -0.25) is 10.1 Å². The lowest BCUT2D eigenvalue weighted by Gasteiger charge is -1.94. The Morgan fingerprint density at radius 3 is 2.82 bits per heavy atom. The molecule has 1 heterocycles. The summed E-state index contributed by atoms with van der Waals surface area (Å²) in [4.78, 5) is 12.8. The molecule has 1 aromatic heterocycles. The Morgan fingerprint density at radius 2 is 2.36 bits per heavy atom. The summed E-state index contributed by atoms with van der Waals surface area (Å²) in [6, 6.07) is 1.17. The SMILES string of the molecule is Cc1c([N+](=O)[O-])ccnc1F. The predicted molar refractivity (Wildman–Crippen MR) is 35.6 cm³/mol. The van der Waals surface area contributed by atoms with Gasteiger partial charge >= 0.3 is 0 Å². The maximum atomic E-state index is 12.5. The van der Waals surface area contributed by atoms with E-state index in [1.807, 2.05) is 0 Å². The molecule has 0 aliphatic heterocycles. The van der Waals surface area contributed by atoms with Gasteiger partial charge in [-0.2, -0.15) is 4.39 Å². The van der Waals surface area contributed by atoms with Crippen molar-refractivity contribution < 1.29 is 9.31 Å². The normalized spacial score (nSPS) is 9.64. The first-order valence-electron chi connectivity index (χ1n) is 2.88.